The van der Waals surface area contributed by atoms with Crippen LogP contribution < -0.4 is 11.5 Å². The fourth-order valence-electron chi connectivity index (χ4n) is 2.37. The second kappa shape index (κ2) is 4.73. The highest BCUT2D eigenvalue weighted by molar-refractivity contribution is 5.82. The summed E-state index contributed by atoms with van der Waals surface area (Å²) in [6, 6.07) is 1.59. The number of hydrogen-bond donors (Lipinski definition) is 4. The maximum Gasteiger partial charge on any atom is 0.224 e. The van der Waals surface area contributed by atoms with Gasteiger partial charge in [0.05, 0.1) is 12.9 Å². The molecule has 116 valence electrons. The lowest BCUT2D eigenvalue weighted by Gasteiger charge is -2.21. The van der Waals surface area contributed by atoms with Crippen LogP contribution in [0.3, 0.4) is 0 Å². The lowest BCUT2D eigenvalue weighted by atomic mass is 9.99. The summed E-state index contributed by atoms with van der Waals surface area (Å²) in [5, 5.41) is 28.2. The molecule has 0 radical (unpaired) electrons. The summed E-state index contributed by atoms with van der Waals surface area (Å²) in [5.74, 6) is -0.140. The van der Waals surface area contributed by atoms with E-state index in [1.807, 2.05) is 0 Å². The van der Waals surface area contributed by atoms with Gasteiger partial charge < -0.3 is 26.4 Å². The first kappa shape index (κ1) is 14.4. The lowest BCUT2D eigenvalue weighted by molar-refractivity contribution is -0.0912. The van der Waals surface area contributed by atoms with Crippen LogP contribution in [0.15, 0.2) is 6.33 Å². The normalized spacial score (nSPS) is 31.5. The van der Waals surface area contributed by atoms with Crippen molar-refractivity contribution in [1.82, 2.24) is 19.5 Å². The van der Waals surface area contributed by atoms with E-state index >= 15 is 0 Å². The predicted octanol–water partition coefficient (Wildman–Crippen LogP) is -1.53. The number of nitrogens with two attached hydrogens (primary N) is 2. The monoisotopic (exact) mass is 309 g/mol. The fourth-order valence-corrected chi connectivity index (χ4v) is 2.37. The smallest absolute Gasteiger partial charge is 0.224 e. The topological polar surface area (TPSA) is 169 Å². The molecular formula is C11H12FN7O3. The van der Waals surface area contributed by atoms with E-state index in [0.717, 1.165) is 4.57 Å². The molecule has 3 heterocycles. The Morgan fingerprint density at radius 2 is 2.23 bits per heavy atom. The highest BCUT2D eigenvalue weighted by Crippen LogP contribution is 2.39. The minimum absolute atomic E-state index is 0.00362. The van der Waals surface area contributed by atoms with Gasteiger partial charge in [-0.15, -0.1) is 0 Å². The average molecular weight is 309 g/mol. The molecule has 1 aliphatic rings. The van der Waals surface area contributed by atoms with E-state index in [1.165, 1.54) is 6.33 Å². The van der Waals surface area contributed by atoms with Gasteiger partial charge >= 0.3 is 0 Å². The Labute approximate surface area is 122 Å². The fraction of sp³-hybridized carbons (Fsp3) is 0.455. The molecule has 10 nitrogen and oxygen atoms in total. The van der Waals surface area contributed by atoms with Crippen LogP contribution in [0.2, 0.25) is 0 Å². The van der Waals surface area contributed by atoms with Gasteiger partial charge in [0.2, 0.25) is 11.5 Å². The number of nitrogen functional groups attached to an aromatic ring is 2. The SMILES string of the molecule is N#C[C@]1(CO)O[C@@H](n2cnc3c(N)nc(N)nc32)[C@H](F)[C@@H]1O. The van der Waals surface area contributed by atoms with Gasteiger partial charge in [-0.1, -0.05) is 0 Å². The maximum atomic E-state index is 14.4. The molecule has 0 amide bonds. The third kappa shape index (κ3) is 1.78. The van der Waals surface area contributed by atoms with Crippen molar-refractivity contribution in [2.75, 3.05) is 18.1 Å². The van der Waals surface area contributed by atoms with E-state index in [-0.39, 0.29) is 22.9 Å². The van der Waals surface area contributed by atoms with Crippen LogP contribution in [0.5, 0.6) is 0 Å². The Kier molecular flexibility index (Phi) is 3.10. The number of aliphatic hydroxyl groups is 2. The van der Waals surface area contributed by atoms with Crippen molar-refractivity contribution < 1.29 is 19.3 Å². The van der Waals surface area contributed by atoms with Crippen LogP contribution in [0.25, 0.3) is 11.2 Å². The standard InChI is InChI=1S/C11H12FN7O3/c12-4-6(21)11(1-13,2-20)22-9(4)19-3-16-5-7(14)17-10(15)18-8(5)19/h3-4,6,9,20-21H,2H2,(H4,14,15,17,18)/t4-,6+,9-,11-/m1/s1. The number of aromatic nitrogens is 4. The second-order valence-electron chi connectivity index (χ2n) is 4.85. The number of nitriles is 1. The van der Waals surface area contributed by atoms with Crippen LogP contribution in [-0.4, -0.2) is 54.2 Å². The number of anilines is 2. The highest BCUT2D eigenvalue weighted by Gasteiger charge is 2.56. The molecule has 4 atom stereocenters. The Hall–Kier alpha value is -2.55. The molecule has 22 heavy (non-hydrogen) atoms. The van der Waals surface area contributed by atoms with Crippen molar-refractivity contribution in [3.05, 3.63) is 6.33 Å². The lowest BCUT2D eigenvalue weighted by Crippen LogP contribution is -2.44. The van der Waals surface area contributed by atoms with Crippen molar-refractivity contribution in [2.45, 2.75) is 24.1 Å². The molecule has 1 fully saturated rings. The Bertz CT molecular complexity index is 775. The molecule has 0 spiro atoms. The molecule has 11 heteroatoms. The molecule has 2 aromatic heterocycles. The summed E-state index contributed by atoms with van der Waals surface area (Å²) >= 11 is 0. The van der Waals surface area contributed by atoms with E-state index in [2.05, 4.69) is 15.0 Å². The van der Waals surface area contributed by atoms with Crippen molar-refractivity contribution in [1.29, 1.82) is 5.26 Å². The molecule has 2 aromatic rings. The highest BCUT2D eigenvalue weighted by atomic mass is 19.1. The molecule has 0 saturated carbocycles. The molecule has 0 aromatic carbocycles. The summed E-state index contributed by atoms with van der Waals surface area (Å²) in [5.41, 5.74) is 9.36. The van der Waals surface area contributed by atoms with Crippen molar-refractivity contribution in [3.8, 4) is 6.07 Å². The number of rotatable bonds is 2. The summed E-state index contributed by atoms with van der Waals surface area (Å²) in [6.07, 6.45) is -4.05. The second-order valence-corrected chi connectivity index (χ2v) is 4.85. The van der Waals surface area contributed by atoms with Crippen molar-refractivity contribution in [3.63, 3.8) is 0 Å². The first-order chi connectivity index (χ1) is 10.4. The number of halogens is 1. The average Bonchev–Trinajstić information content (AvgIpc) is 3.01. The largest absolute Gasteiger partial charge is 0.392 e. The Morgan fingerprint density at radius 3 is 2.82 bits per heavy atom. The molecule has 3 rings (SSSR count). The molecular weight excluding hydrogens is 297 g/mol. The Morgan fingerprint density at radius 1 is 1.50 bits per heavy atom. The molecule has 1 aliphatic heterocycles. The van der Waals surface area contributed by atoms with Gasteiger partial charge in [-0.05, 0) is 0 Å². The van der Waals surface area contributed by atoms with Gasteiger partial charge in [0.15, 0.2) is 23.9 Å². The van der Waals surface area contributed by atoms with Crippen molar-refractivity contribution >= 4 is 22.9 Å². The van der Waals surface area contributed by atoms with Gasteiger partial charge in [0.1, 0.15) is 17.7 Å². The van der Waals surface area contributed by atoms with Crippen LogP contribution >= 0.6 is 0 Å². The van der Waals surface area contributed by atoms with Gasteiger partial charge in [-0.2, -0.15) is 15.2 Å². The van der Waals surface area contributed by atoms with E-state index in [1.54, 1.807) is 6.07 Å². The molecule has 0 aliphatic carbocycles. The number of nitrogens with zero attached hydrogens (tertiary/aromatic N) is 5. The zero-order valence-corrected chi connectivity index (χ0v) is 11.1. The molecule has 0 unspecified atom stereocenters. The quantitative estimate of drug-likeness (QED) is 0.514. The van der Waals surface area contributed by atoms with Crippen LogP contribution in [0.4, 0.5) is 16.2 Å². The number of alkyl halides is 1. The third-order valence-corrected chi connectivity index (χ3v) is 3.55. The molecule has 1 saturated heterocycles. The zero-order valence-electron chi connectivity index (χ0n) is 11.1. The van der Waals surface area contributed by atoms with Crippen LogP contribution in [0, 0.1) is 11.3 Å². The molecule has 6 N–H and O–H groups in total. The summed E-state index contributed by atoms with van der Waals surface area (Å²) in [7, 11) is 0. The third-order valence-electron chi connectivity index (χ3n) is 3.55. The minimum Gasteiger partial charge on any atom is -0.392 e. The zero-order chi connectivity index (χ0) is 16.1. The maximum absolute atomic E-state index is 14.4. The van der Waals surface area contributed by atoms with E-state index in [9.17, 15) is 14.6 Å². The number of imidazole rings is 1. The Balaban J connectivity index is 2.11. The molecule has 0 bridgehead atoms. The first-order valence-corrected chi connectivity index (χ1v) is 6.21. The summed E-state index contributed by atoms with van der Waals surface area (Å²) in [6.45, 7) is -0.868. The first-order valence-electron chi connectivity index (χ1n) is 6.21. The predicted molar refractivity (Wildman–Crippen MR) is 70.6 cm³/mol. The van der Waals surface area contributed by atoms with Gasteiger partial charge in [-0.3, -0.25) is 4.57 Å². The van der Waals surface area contributed by atoms with E-state index in [4.69, 9.17) is 21.5 Å². The number of hydrogen-bond acceptors (Lipinski definition) is 9. The van der Waals surface area contributed by atoms with Gasteiger partial charge in [0.25, 0.3) is 0 Å². The number of fused-ring (bicyclic) bond motifs is 1. The van der Waals surface area contributed by atoms with Gasteiger partial charge in [-0.25, -0.2) is 9.37 Å². The summed E-state index contributed by atoms with van der Waals surface area (Å²) in [4.78, 5) is 11.6. The number of aliphatic hydroxyl groups excluding tert-OH is 2. The van der Waals surface area contributed by atoms with E-state index < -0.39 is 30.7 Å². The van der Waals surface area contributed by atoms with E-state index in [0.29, 0.717) is 0 Å². The number of ether oxygens (including phenoxy) is 1. The van der Waals surface area contributed by atoms with Crippen LogP contribution in [-0.2, 0) is 4.74 Å². The summed E-state index contributed by atoms with van der Waals surface area (Å²) < 4.78 is 20.7. The minimum atomic E-state index is -2.06. The van der Waals surface area contributed by atoms with Crippen molar-refractivity contribution in [2.24, 2.45) is 0 Å². The van der Waals surface area contributed by atoms with Gasteiger partial charge in [0, 0.05) is 0 Å². The van der Waals surface area contributed by atoms with Crippen LogP contribution in [0.1, 0.15) is 6.23 Å².